The number of anilines is 1. The molecule has 0 heterocycles. The van der Waals surface area contributed by atoms with Gasteiger partial charge in [0.25, 0.3) is 5.91 Å². The van der Waals surface area contributed by atoms with Gasteiger partial charge in [0.05, 0.1) is 11.3 Å². The van der Waals surface area contributed by atoms with E-state index in [1.807, 2.05) is 30.3 Å². The van der Waals surface area contributed by atoms with Crippen LogP contribution in [0.25, 0.3) is 0 Å². The van der Waals surface area contributed by atoms with E-state index in [1.54, 1.807) is 24.3 Å². The van der Waals surface area contributed by atoms with Crippen LogP contribution in [0, 0.1) is 11.6 Å². The van der Waals surface area contributed by atoms with Crippen LogP contribution < -0.4 is 14.8 Å². The molecule has 3 aromatic carbocycles. The number of ether oxygens (including phenoxy) is 2. The first-order chi connectivity index (χ1) is 13.1. The van der Waals surface area contributed by atoms with Crippen LogP contribution in [-0.2, 0) is 0 Å². The standard InChI is InChI=1S/C21H17F2NO3/c22-15-10-11-19(18(23)14-15)24-21(25)17-8-4-5-9-20(17)27-13-12-26-16-6-2-1-3-7-16/h1-11,14H,12-13H2,(H,24,25). The van der Waals surface area contributed by atoms with Gasteiger partial charge in [0.1, 0.15) is 36.3 Å². The molecule has 138 valence electrons. The van der Waals surface area contributed by atoms with E-state index >= 15 is 0 Å². The molecule has 0 aliphatic rings. The second-order valence-electron chi connectivity index (χ2n) is 5.58. The fourth-order valence-electron chi connectivity index (χ4n) is 2.39. The molecule has 6 heteroatoms. The predicted octanol–water partition coefficient (Wildman–Crippen LogP) is 4.67. The number of para-hydroxylation sites is 2. The summed E-state index contributed by atoms with van der Waals surface area (Å²) in [6.45, 7) is 0.524. The van der Waals surface area contributed by atoms with E-state index in [-0.39, 0.29) is 17.9 Å². The van der Waals surface area contributed by atoms with E-state index in [0.29, 0.717) is 18.4 Å². The van der Waals surface area contributed by atoms with Crippen molar-refractivity contribution in [2.45, 2.75) is 0 Å². The Morgan fingerprint density at radius 1 is 0.852 bits per heavy atom. The van der Waals surface area contributed by atoms with Crippen LogP contribution in [0.2, 0.25) is 0 Å². The molecule has 3 rings (SSSR count). The zero-order valence-corrected chi connectivity index (χ0v) is 14.3. The third-order valence-corrected chi connectivity index (χ3v) is 3.66. The molecule has 0 fully saturated rings. The molecule has 0 aliphatic heterocycles. The summed E-state index contributed by atoms with van der Waals surface area (Å²) in [6.07, 6.45) is 0. The molecule has 1 N–H and O–H groups in total. The average Bonchev–Trinajstić information content (AvgIpc) is 2.68. The van der Waals surface area contributed by atoms with Crippen molar-refractivity contribution in [1.29, 1.82) is 0 Å². The zero-order chi connectivity index (χ0) is 19.1. The zero-order valence-electron chi connectivity index (χ0n) is 14.3. The Morgan fingerprint density at radius 2 is 1.56 bits per heavy atom. The summed E-state index contributed by atoms with van der Waals surface area (Å²) in [5.41, 5.74) is 0.129. The van der Waals surface area contributed by atoms with Crippen molar-refractivity contribution >= 4 is 11.6 Å². The van der Waals surface area contributed by atoms with Gasteiger partial charge in [0.2, 0.25) is 0 Å². The smallest absolute Gasteiger partial charge is 0.259 e. The number of rotatable bonds is 7. The van der Waals surface area contributed by atoms with Gasteiger partial charge in [0.15, 0.2) is 0 Å². The topological polar surface area (TPSA) is 47.6 Å². The number of amides is 1. The lowest BCUT2D eigenvalue weighted by atomic mass is 10.2. The monoisotopic (exact) mass is 369 g/mol. The minimum absolute atomic E-state index is 0.108. The number of hydrogen-bond acceptors (Lipinski definition) is 3. The lowest BCUT2D eigenvalue weighted by Crippen LogP contribution is -2.16. The predicted molar refractivity (Wildman–Crippen MR) is 98.2 cm³/mol. The first kappa shape index (κ1) is 18.4. The molecule has 0 radical (unpaired) electrons. The minimum atomic E-state index is -0.849. The molecule has 0 bridgehead atoms. The SMILES string of the molecule is O=C(Nc1ccc(F)cc1F)c1ccccc1OCCOc1ccccc1. The van der Waals surface area contributed by atoms with Crippen molar-refractivity contribution in [3.63, 3.8) is 0 Å². The Labute approximate surface area is 155 Å². The van der Waals surface area contributed by atoms with Gasteiger partial charge >= 0.3 is 0 Å². The molecule has 0 aromatic heterocycles. The van der Waals surface area contributed by atoms with Gasteiger partial charge in [-0.15, -0.1) is 0 Å². The Balaban J connectivity index is 1.61. The maximum atomic E-state index is 13.7. The van der Waals surface area contributed by atoms with Crippen LogP contribution in [0.5, 0.6) is 11.5 Å². The molecule has 27 heavy (non-hydrogen) atoms. The molecular formula is C21H17F2NO3. The molecule has 0 spiro atoms. The number of nitrogens with one attached hydrogen (secondary N) is 1. The van der Waals surface area contributed by atoms with Gasteiger partial charge in [-0.1, -0.05) is 30.3 Å². The van der Waals surface area contributed by atoms with Crippen LogP contribution in [0.1, 0.15) is 10.4 Å². The normalized spacial score (nSPS) is 10.3. The molecular weight excluding hydrogens is 352 g/mol. The maximum Gasteiger partial charge on any atom is 0.259 e. The third-order valence-electron chi connectivity index (χ3n) is 3.66. The summed E-state index contributed by atoms with van der Waals surface area (Å²) < 4.78 is 37.9. The van der Waals surface area contributed by atoms with Crippen molar-refractivity contribution in [2.75, 3.05) is 18.5 Å². The van der Waals surface area contributed by atoms with E-state index in [4.69, 9.17) is 9.47 Å². The van der Waals surface area contributed by atoms with Gasteiger partial charge in [0, 0.05) is 6.07 Å². The van der Waals surface area contributed by atoms with Gasteiger partial charge in [-0.2, -0.15) is 0 Å². The van der Waals surface area contributed by atoms with Crippen molar-refractivity contribution in [3.8, 4) is 11.5 Å². The van der Waals surface area contributed by atoms with Crippen LogP contribution in [0.15, 0.2) is 72.8 Å². The van der Waals surface area contributed by atoms with E-state index < -0.39 is 17.5 Å². The number of benzene rings is 3. The second-order valence-corrected chi connectivity index (χ2v) is 5.58. The molecule has 4 nitrogen and oxygen atoms in total. The first-order valence-corrected chi connectivity index (χ1v) is 8.29. The van der Waals surface area contributed by atoms with Gasteiger partial charge < -0.3 is 14.8 Å². The maximum absolute atomic E-state index is 13.7. The van der Waals surface area contributed by atoms with E-state index in [1.165, 1.54) is 6.07 Å². The van der Waals surface area contributed by atoms with Crippen molar-refractivity contribution in [2.24, 2.45) is 0 Å². The Bertz CT molecular complexity index is 916. The van der Waals surface area contributed by atoms with E-state index in [0.717, 1.165) is 11.8 Å². The van der Waals surface area contributed by atoms with Crippen LogP contribution in [-0.4, -0.2) is 19.1 Å². The summed E-state index contributed by atoms with van der Waals surface area (Å²) in [7, 11) is 0. The summed E-state index contributed by atoms with van der Waals surface area (Å²) in [4.78, 5) is 12.4. The third kappa shape index (κ3) is 5.04. The van der Waals surface area contributed by atoms with Gasteiger partial charge in [-0.05, 0) is 36.4 Å². The van der Waals surface area contributed by atoms with Crippen LogP contribution in [0.3, 0.4) is 0 Å². The quantitative estimate of drug-likeness (QED) is 0.616. The molecule has 0 saturated heterocycles. The Morgan fingerprint density at radius 3 is 2.33 bits per heavy atom. The highest BCUT2D eigenvalue weighted by Gasteiger charge is 2.14. The second kappa shape index (κ2) is 8.80. The molecule has 3 aromatic rings. The lowest BCUT2D eigenvalue weighted by molar-refractivity contribution is 0.102. The molecule has 0 saturated carbocycles. The average molecular weight is 369 g/mol. The Kier molecular flexibility index (Phi) is 5.99. The summed E-state index contributed by atoms with van der Waals surface area (Å²) in [5, 5.41) is 2.42. The van der Waals surface area contributed by atoms with Crippen molar-refractivity contribution < 1.29 is 23.0 Å². The van der Waals surface area contributed by atoms with Crippen LogP contribution >= 0.6 is 0 Å². The number of halogens is 2. The van der Waals surface area contributed by atoms with E-state index in [9.17, 15) is 13.6 Å². The van der Waals surface area contributed by atoms with Crippen molar-refractivity contribution in [1.82, 2.24) is 0 Å². The van der Waals surface area contributed by atoms with Gasteiger partial charge in [-0.3, -0.25) is 4.79 Å². The molecule has 0 aliphatic carbocycles. The van der Waals surface area contributed by atoms with Crippen molar-refractivity contribution in [3.05, 3.63) is 90.0 Å². The van der Waals surface area contributed by atoms with E-state index in [2.05, 4.69) is 5.32 Å². The first-order valence-electron chi connectivity index (χ1n) is 8.29. The number of carbonyl (C=O) groups excluding carboxylic acids is 1. The molecule has 0 atom stereocenters. The van der Waals surface area contributed by atoms with Crippen LogP contribution in [0.4, 0.5) is 14.5 Å². The summed E-state index contributed by atoms with van der Waals surface area (Å²) >= 11 is 0. The fraction of sp³-hybridized carbons (Fsp3) is 0.0952. The summed E-state index contributed by atoms with van der Waals surface area (Å²) in [5.74, 6) is -1.06. The number of hydrogen-bond donors (Lipinski definition) is 1. The Hall–Kier alpha value is -3.41. The highest BCUT2D eigenvalue weighted by atomic mass is 19.1. The summed E-state index contributed by atoms with van der Waals surface area (Å²) in [6, 6.07) is 18.8. The fourth-order valence-corrected chi connectivity index (χ4v) is 2.39. The largest absolute Gasteiger partial charge is 0.490 e. The minimum Gasteiger partial charge on any atom is -0.490 e. The highest BCUT2D eigenvalue weighted by Crippen LogP contribution is 2.21. The lowest BCUT2D eigenvalue weighted by Gasteiger charge is -2.12. The molecule has 1 amide bonds. The molecule has 0 unspecified atom stereocenters. The van der Waals surface area contributed by atoms with Gasteiger partial charge in [-0.25, -0.2) is 8.78 Å². The highest BCUT2D eigenvalue weighted by molar-refractivity contribution is 6.06. The number of carbonyl (C=O) groups is 1.